The molecule has 1 amide bonds. The second kappa shape index (κ2) is 12.7. The Hall–Kier alpha value is -4.74. The first kappa shape index (κ1) is 30.3. The minimum absolute atomic E-state index is 0.0904. The van der Waals surface area contributed by atoms with E-state index in [2.05, 4.69) is 4.98 Å². The maximum Gasteiger partial charge on any atom is 0.417 e. The standard InChI is InChI=1S/C33H30ClN3O8/c34-24-4-6-25(7-5-24)43-20-31(40)36-11-15-37(16-12-36,13-9-27(38)21-1-2-23-19-32(41)44-29(23)17-21)14-10-28(39)22-3-8-26-30(18-22)45-33(42)35-26/h1-8,17-18H,9-16,19-20H2/p+1. The molecule has 4 aromatic rings. The highest BCUT2D eigenvalue weighted by molar-refractivity contribution is 6.30. The monoisotopic (exact) mass is 632 g/mol. The number of carbonyl (C=O) groups is 4. The molecule has 6 rings (SSSR count). The van der Waals surface area contributed by atoms with Gasteiger partial charge in [0, 0.05) is 21.7 Å². The Bertz CT molecular complexity index is 1840. The first-order valence-electron chi connectivity index (χ1n) is 14.7. The van der Waals surface area contributed by atoms with E-state index in [1.54, 1.807) is 65.6 Å². The number of esters is 1. The van der Waals surface area contributed by atoms with Crippen molar-refractivity contribution in [2.45, 2.75) is 19.3 Å². The lowest BCUT2D eigenvalue weighted by Gasteiger charge is -2.45. The van der Waals surface area contributed by atoms with Crippen LogP contribution in [0.4, 0.5) is 0 Å². The van der Waals surface area contributed by atoms with Crippen molar-refractivity contribution in [3.05, 3.63) is 92.9 Å². The summed E-state index contributed by atoms with van der Waals surface area (Å²) in [5.74, 6) is -0.311. The van der Waals surface area contributed by atoms with Crippen molar-refractivity contribution in [1.29, 1.82) is 0 Å². The fourth-order valence-electron chi connectivity index (χ4n) is 5.83. The molecule has 2 aliphatic heterocycles. The van der Waals surface area contributed by atoms with Crippen LogP contribution in [-0.2, 0) is 16.0 Å². The zero-order valence-corrected chi connectivity index (χ0v) is 25.1. The molecule has 45 heavy (non-hydrogen) atoms. The van der Waals surface area contributed by atoms with Crippen LogP contribution in [0.15, 0.2) is 69.9 Å². The summed E-state index contributed by atoms with van der Waals surface area (Å²) in [6, 6.07) is 16.7. The van der Waals surface area contributed by atoms with Crippen molar-refractivity contribution < 1.29 is 37.6 Å². The van der Waals surface area contributed by atoms with Gasteiger partial charge in [0.25, 0.3) is 5.91 Å². The average Bonchev–Trinajstić information content (AvgIpc) is 3.61. The smallest absolute Gasteiger partial charge is 0.417 e. The molecule has 1 N–H and O–H groups in total. The van der Waals surface area contributed by atoms with Gasteiger partial charge in [0.1, 0.15) is 11.5 Å². The summed E-state index contributed by atoms with van der Waals surface area (Å²) in [6.07, 6.45) is 0.618. The number of H-pyrrole nitrogens is 1. The molecule has 12 heteroatoms. The van der Waals surface area contributed by atoms with Gasteiger partial charge >= 0.3 is 11.7 Å². The number of benzene rings is 3. The summed E-state index contributed by atoms with van der Waals surface area (Å²) < 4.78 is 16.5. The van der Waals surface area contributed by atoms with Gasteiger partial charge in [0.2, 0.25) is 0 Å². The number of piperazine rings is 1. The molecule has 3 heterocycles. The third-order valence-electron chi connectivity index (χ3n) is 8.53. The second-order valence-electron chi connectivity index (χ2n) is 11.4. The number of ketones is 2. The third-order valence-corrected chi connectivity index (χ3v) is 8.79. The number of hydrogen-bond donors (Lipinski definition) is 1. The Morgan fingerprint density at radius 2 is 1.56 bits per heavy atom. The average molecular weight is 633 g/mol. The number of halogens is 1. The number of aromatic amines is 1. The number of Topliss-reactive ketones (excluding diaryl/α,β-unsaturated/α-hetero) is 2. The molecule has 1 fully saturated rings. The third kappa shape index (κ3) is 7.00. The van der Waals surface area contributed by atoms with E-state index in [0.717, 1.165) is 5.56 Å². The van der Waals surface area contributed by atoms with Gasteiger partial charge in [-0.15, -0.1) is 0 Å². The van der Waals surface area contributed by atoms with Crippen LogP contribution in [0.1, 0.15) is 39.1 Å². The zero-order chi connectivity index (χ0) is 31.6. The minimum Gasteiger partial charge on any atom is -0.484 e. The molecule has 0 saturated carbocycles. The summed E-state index contributed by atoms with van der Waals surface area (Å²) in [7, 11) is 0. The van der Waals surface area contributed by atoms with E-state index < -0.39 is 5.76 Å². The number of fused-ring (bicyclic) bond motifs is 2. The highest BCUT2D eigenvalue weighted by Gasteiger charge is 2.36. The predicted molar refractivity (Wildman–Crippen MR) is 164 cm³/mol. The second-order valence-corrected chi connectivity index (χ2v) is 11.8. The van der Waals surface area contributed by atoms with Gasteiger partial charge in [-0.3, -0.25) is 24.2 Å². The minimum atomic E-state index is -0.587. The number of carbonyl (C=O) groups excluding carboxylic acids is 4. The first-order valence-corrected chi connectivity index (χ1v) is 15.1. The number of nitrogens with zero attached hydrogens (tertiary/aromatic N) is 2. The molecule has 0 radical (unpaired) electrons. The molecule has 0 aliphatic carbocycles. The summed E-state index contributed by atoms with van der Waals surface area (Å²) in [5.41, 5.74) is 2.48. The van der Waals surface area contributed by atoms with Crippen molar-refractivity contribution in [3.8, 4) is 11.5 Å². The quantitative estimate of drug-likeness (QED) is 0.114. The number of oxazole rings is 1. The van der Waals surface area contributed by atoms with E-state index >= 15 is 0 Å². The molecule has 0 atom stereocenters. The molecule has 2 aliphatic rings. The number of ether oxygens (including phenoxy) is 2. The summed E-state index contributed by atoms with van der Waals surface area (Å²) in [4.78, 5) is 67.0. The maximum atomic E-state index is 13.3. The van der Waals surface area contributed by atoms with Crippen molar-refractivity contribution >= 4 is 46.1 Å². The molecule has 0 bridgehead atoms. The Balaban J connectivity index is 1.12. The van der Waals surface area contributed by atoms with E-state index in [1.165, 1.54) is 0 Å². The van der Waals surface area contributed by atoms with Gasteiger partial charge in [0.05, 0.1) is 64.0 Å². The largest absolute Gasteiger partial charge is 0.484 e. The molecular weight excluding hydrogens is 602 g/mol. The number of quaternary nitrogens is 1. The molecule has 1 saturated heterocycles. The fraction of sp³-hybridized carbons (Fsp3) is 0.303. The molecule has 232 valence electrons. The van der Waals surface area contributed by atoms with Crippen LogP contribution in [0.2, 0.25) is 5.02 Å². The Kier molecular flexibility index (Phi) is 8.55. The van der Waals surface area contributed by atoms with Gasteiger partial charge < -0.3 is 23.3 Å². The predicted octanol–water partition coefficient (Wildman–Crippen LogP) is 3.82. The van der Waals surface area contributed by atoms with E-state index in [0.29, 0.717) is 82.5 Å². The van der Waals surface area contributed by atoms with Crippen molar-refractivity contribution in [2.75, 3.05) is 45.9 Å². The van der Waals surface area contributed by atoms with Crippen LogP contribution in [-0.4, -0.2) is 83.7 Å². The van der Waals surface area contributed by atoms with Crippen molar-refractivity contribution in [3.63, 3.8) is 0 Å². The van der Waals surface area contributed by atoms with Gasteiger partial charge in [-0.05, 0) is 48.5 Å². The van der Waals surface area contributed by atoms with Crippen LogP contribution in [0.5, 0.6) is 11.5 Å². The van der Waals surface area contributed by atoms with Gasteiger partial charge in [0.15, 0.2) is 23.8 Å². The van der Waals surface area contributed by atoms with Gasteiger partial charge in [-0.2, -0.15) is 0 Å². The normalized spacial score (nSPS) is 15.5. The lowest BCUT2D eigenvalue weighted by atomic mass is 10.0. The number of rotatable bonds is 11. The Labute approximate surface area is 262 Å². The van der Waals surface area contributed by atoms with E-state index in [9.17, 15) is 24.0 Å². The molecule has 11 nitrogen and oxygen atoms in total. The van der Waals surface area contributed by atoms with Crippen LogP contribution >= 0.6 is 11.6 Å². The lowest BCUT2D eigenvalue weighted by Crippen LogP contribution is -2.62. The Morgan fingerprint density at radius 3 is 2.27 bits per heavy atom. The molecular formula is C33H31ClN3O8+. The maximum absolute atomic E-state index is 13.3. The van der Waals surface area contributed by atoms with Crippen LogP contribution in [0.3, 0.4) is 0 Å². The summed E-state index contributed by atoms with van der Waals surface area (Å²) in [5, 5.41) is 0.576. The van der Waals surface area contributed by atoms with E-state index in [-0.39, 0.29) is 49.3 Å². The van der Waals surface area contributed by atoms with Crippen LogP contribution < -0.4 is 15.2 Å². The lowest BCUT2D eigenvalue weighted by molar-refractivity contribution is -0.930. The van der Waals surface area contributed by atoms with Gasteiger partial charge in [-0.1, -0.05) is 23.7 Å². The topological polar surface area (TPSA) is 136 Å². The Morgan fingerprint density at radius 1 is 0.889 bits per heavy atom. The highest BCUT2D eigenvalue weighted by Crippen LogP contribution is 2.28. The molecule has 1 aromatic heterocycles. The van der Waals surface area contributed by atoms with E-state index in [1.807, 2.05) is 0 Å². The van der Waals surface area contributed by atoms with Crippen LogP contribution in [0.25, 0.3) is 11.1 Å². The van der Waals surface area contributed by atoms with Gasteiger partial charge in [-0.25, -0.2) is 4.79 Å². The molecule has 0 unspecified atom stereocenters. The zero-order valence-electron chi connectivity index (χ0n) is 24.4. The molecule has 0 spiro atoms. The number of nitrogens with one attached hydrogen (secondary N) is 1. The number of hydrogen-bond acceptors (Lipinski definition) is 8. The SMILES string of the molecule is O=C1Cc2ccc(C(=O)CC[N+]3(CCC(=O)c4ccc5[nH]c(=O)oc5c4)CCN(C(=O)COc4ccc(Cl)cc4)CC3)cc2O1. The first-order chi connectivity index (χ1) is 21.7. The highest BCUT2D eigenvalue weighted by atomic mass is 35.5. The van der Waals surface area contributed by atoms with Crippen molar-refractivity contribution in [2.24, 2.45) is 0 Å². The summed E-state index contributed by atoms with van der Waals surface area (Å²) in [6.45, 7) is 2.83. The van der Waals surface area contributed by atoms with Crippen molar-refractivity contribution in [1.82, 2.24) is 9.88 Å². The number of aromatic nitrogens is 1. The number of amides is 1. The van der Waals surface area contributed by atoms with E-state index in [4.69, 9.17) is 25.5 Å². The summed E-state index contributed by atoms with van der Waals surface area (Å²) >= 11 is 5.93. The van der Waals surface area contributed by atoms with Crippen LogP contribution in [0, 0.1) is 0 Å². The fourth-order valence-corrected chi connectivity index (χ4v) is 5.96. The molecule has 3 aromatic carbocycles.